The van der Waals surface area contributed by atoms with Gasteiger partial charge in [-0.15, -0.1) is 0 Å². The van der Waals surface area contributed by atoms with Gasteiger partial charge in [0.05, 0.1) is 12.2 Å². The number of ether oxygens (including phenoxy) is 1. The summed E-state index contributed by atoms with van der Waals surface area (Å²) >= 11 is 0. The highest BCUT2D eigenvalue weighted by Crippen LogP contribution is 2.28. The minimum absolute atomic E-state index is 0.0170. The molecule has 0 spiro atoms. The van der Waals surface area contributed by atoms with Gasteiger partial charge < -0.3 is 15.0 Å². The van der Waals surface area contributed by atoms with E-state index in [4.69, 9.17) is 4.74 Å². The van der Waals surface area contributed by atoms with Crippen molar-refractivity contribution in [2.75, 3.05) is 18.9 Å². The molecule has 0 aliphatic rings. The normalized spacial score (nSPS) is 10.2. The summed E-state index contributed by atoms with van der Waals surface area (Å²) < 4.78 is 5.91. The molecular weight excluding hydrogens is 324 g/mol. The number of benzene rings is 3. The van der Waals surface area contributed by atoms with Crippen molar-refractivity contribution in [3.05, 3.63) is 90.5 Å². The molecule has 0 atom stereocenters. The van der Waals surface area contributed by atoms with Crippen molar-refractivity contribution in [2.24, 2.45) is 0 Å². The van der Waals surface area contributed by atoms with Gasteiger partial charge >= 0.3 is 0 Å². The highest BCUT2D eigenvalue weighted by Gasteiger charge is 2.11. The molecule has 0 saturated heterocycles. The number of carbonyl (C=O) groups is 1. The van der Waals surface area contributed by atoms with Gasteiger partial charge in [0, 0.05) is 13.6 Å². The molecule has 1 N–H and O–H groups in total. The molecule has 3 aromatic rings. The Morgan fingerprint density at radius 1 is 0.885 bits per heavy atom. The molecule has 4 heteroatoms. The van der Waals surface area contributed by atoms with Crippen LogP contribution >= 0.6 is 0 Å². The SMILES string of the molecule is CN(Cc1ccccc1)C(=O)CNc1ccccc1Oc1ccccc1. The predicted octanol–water partition coefficient (Wildman–Crippen LogP) is 4.55. The minimum atomic E-state index is 0.0170. The van der Waals surface area contributed by atoms with Crippen molar-refractivity contribution in [1.29, 1.82) is 0 Å². The van der Waals surface area contributed by atoms with Gasteiger partial charge in [0.1, 0.15) is 5.75 Å². The van der Waals surface area contributed by atoms with Crippen molar-refractivity contribution in [1.82, 2.24) is 4.90 Å². The van der Waals surface area contributed by atoms with Gasteiger partial charge in [-0.1, -0.05) is 60.7 Å². The number of likely N-dealkylation sites (N-methyl/N-ethyl adjacent to an activating group) is 1. The number of nitrogens with zero attached hydrogens (tertiary/aromatic N) is 1. The zero-order valence-electron chi connectivity index (χ0n) is 14.8. The number of hydrogen-bond acceptors (Lipinski definition) is 3. The second kappa shape index (κ2) is 8.72. The van der Waals surface area contributed by atoms with Gasteiger partial charge in [-0.3, -0.25) is 4.79 Å². The summed E-state index contributed by atoms with van der Waals surface area (Å²) in [5.74, 6) is 1.47. The van der Waals surface area contributed by atoms with Gasteiger partial charge in [0.25, 0.3) is 0 Å². The Kier molecular flexibility index (Phi) is 5.88. The van der Waals surface area contributed by atoms with Crippen LogP contribution in [0.1, 0.15) is 5.56 Å². The van der Waals surface area contributed by atoms with Gasteiger partial charge in [-0.25, -0.2) is 0 Å². The fourth-order valence-electron chi connectivity index (χ4n) is 2.57. The van der Waals surface area contributed by atoms with E-state index in [2.05, 4.69) is 5.32 Å². The fraction of sp³-hybridized carbons (Fsp3) is 0.136. The Balaban J connectivity index is 1.60. The van der Waals surface area contributed by atoms with Crippen LogP contribution in [0.2, 0.25) is 0 Å². The first-order valence-corrected chi connectivity index (χ1v) is 8.56. The Bertz CT molecular complexity index is 835. The van der Waals surface area contributed by atoms with E-state index in [9.17, 15) is 4.79 Å². The first kappa shape index (κ1) is 17.5. The van der Waals surface area contributed by atoms with E-state index in [-0.39, 0.29) is 12.5 Å². The second-order valence-electron chi connectivity index (χ2n) is 6.00. The summed E-state index contributed by atoms with van der Waals surface area (Å²) in [5, 5.41) is 3.18. The van der Waals surface area contributed by atoms with Crippen LogP contribution in [0.15, 0.2) is 84.9 Å². The molecule has 0 radical (unpaired) electrons. The molecule has 0 aromatic heterocycles. The quantitative estimate of drug-likeness (QED) is 0.682. The van der Waals surface area contributed by atoms with Crippen LogP contribution in [0.3, 0.4) is 0 Å². The largest absolute Gasteiger partial charge is 0.455 e. The molecule has 0 bridgehead atoms. The lowest BCUT2D eigenvalue weighted by molar-refractivity contribution is -0.128. The van der Waals surface area contributed by atoms with E-state index in [1.54, 1.807) is 4.90 Å². The Hall–Kier alpha value is -3.27. The molecule has 0 aliphatic carbocycles. The third-order valence-corrected chi connectivity index (χ3v) is 3.98. The lowest BCUT2D eigenvalue weighted by atomic mass is 10.2. The number of amides is 1. The van der Waals surface area contributed by atoms with Crippen LogP contribution in [0, 0.1) is 0 Å². The summed E-state index contributed by atoms with van der Waals surface area (Å²) in [6.07, 6.45) is 0. The highest BCUT2D eigenvalue weighted by atomic mass is 16.5. The molecule has 0 aliphatic heterocycles. The van der Waals surface area contributed by atoms with Crippen molar-refractivity contribution in [2.45, 2.75) is 6.54 Å². The fourth-order valence-corrected chi connectivity index (χ4v) is 2.57. The third-order valence-electron chi connectivity index (χ3n) is 3.98. The summed E-state index contributed by atoms with van der Waals surface area (Å²) in [6, 6.07) is 27.1. The molecular formula is C22H22N2O2. The lowest BCUT2D eigenvalue weighted by Gasteiger charge is -2.19. The topological polar surface area (TPSA) is 41.6 Å². The zero-order chi connectivity index (χ0) is 18.2. The van der Waals surface area contributed by atoms with E-state index >= 15 is 0 Å². The molecule has 26 heavy (non-hydrogen) atoms. The van der Waals surface area contributed by atoms with Gasteiger partial charge in [-0.2, -0.15) is 0 Å². The number of carbonyl (C=O) groups excluding carboxylic acids is 1. The van der Waals surface area contributed by atoms with Gasteiger partial charge in [-0.05, 0) is 29.8 Å². The minimum Gasteiger partial charge on any atom is -0.455 e. The zero-order valence-corrected chi connectivity index (χ0v) is 14.8. The highest BCUT2D eigenvalue weighted by molar-refractivity contribution is 5.81. The second-order valence-corrected chi connectivity index (χ2v) is 6.00. The van der Waals surface area contributed by atoms with E-state index in [1.807, 2.05) is 92.0 Å². The third kappa shape index (κ3) is 4.86. The van der Waals surface area contributed by atoms with Crippen LogP contribution in [0.25, 0.3) is 0 Å². The maximum Gasteiger partial charge on any atom is 0.241 e. The number of para-hydroxylation sites is 3. The van der Waals surface area contributed by atoms with Crippen LogP contribution in [0.4, 0.5) is 5.69 Å². The van der Waals surface area contributed by atoms with Crippen LogP contribution in [-0.2, 0) is 11.3 Å². The lowest BCUT2D eigenvalue weighted by Crippen LogP contribution is -2.31. The number of rotatable bonds is 7. The van der Waals surface area contributed by atoms with E-state index in [0.717, 1.165) is 17.0 Å². The summed E-state index contributed by atoms with van der Waals surface area (Å²) in [5.41, 5.74) is 1.90. The summed E-state index contributed by atoms with van der Waals surface area (Å²) in [4.78, 5) is 14.1. The summed E-state index contributed by atoms with van der Waals surface area (Å²) in [6.45, 7) is 0.794. The van der Waals surface area contributed by atoms with Gasteiger partial charge in [0.15, 0.2) is 5.75 Å². The number of nitrogens with one attached hydrogen (secondary N) is 1. The first-order valence-electron chi connectivity index (χ1n) is 8.56. The van der Waals surface area contributed by atoms with Crippen molar-refractivity contribution >= 4 is 11.6 Å². The molecule has 132 valence electrons. The van der Waals surface area contributed by atoms with Crippen molar-refractivity contribution in [3.63, 3.8) is 0 Å². The monoisotopic (exact) mass is 346 g/mol. The predicted molar refractivity (Wildman–Crippen MR) is 104 cm³/mol. The first-order chi connectivity index (χ1) is 12.7. The molecule has 0 heterocycles. The number of hydrogen-bond donors (Lipinski definition) is 1. The van der Waals surface area contributed by atoms with Crippen LogP contribution in [-0.4, -0.2) is 24.4 Å². The van der Waals surface area contributed by atoms with Crippen LogP contribution in [0.5, 0.6) is 11.5 Å². The Labute approximate surface area is 154 Å². The smallest absolute Gasteiger partial charge is 0.241 e. The van der Waals surface area contributed by atoms with E-state index in [1.165, 1.54) is 0 Å². The van der Waals surface area contributed by atoms with Gasteiger partial charge in [0.2, 0.25) is 5.91 Å². The molecule has 0 fully saturated rings. The van der Waals surface area contributed by atoms with Crippen LogP contribution < -0.4 is 10.1 Å². The maximum atomic E-state index is 12.4. The molecule has 0 unspecified atom stereocenters. The van der Waals surface area contributed by atoms with E-state index in [0.29, 0.717) is 12.3 Å². The summed E-state index contributed by atoms with van der Waals surface area (Å²) in [7, 11) is 1.81. The standard InChI is InChI=1S/C22H22N2O2/c1-24(17-18-10-4-2-5-11-18)22(25)16-23-20-14-8-9-15-21(20)26-19-12-6-3-7-13-19/h2-15,23H,16-17H2,1H3. The average Bonchev–Trinajstić information content (AvgIpc) is 2.68. The molecule has 1 amide bonds. The van der Waals surface area contributed by atoms with Crippen molar-refractivity contribution < 1.29 is 9.53 Å². The molecule has 0 saturated carbocycles. The molecule has 3 rings (SSSR count). The maximum absolute atomic E-state index is 12.4. The Morgan fingerprint density at radius 2 is 1.50 bits per heavy atom. The van der Waals surface area contributed by atoms with Crippen molar-refractivity contribution in [3.8, 4) is 11.5 Å². The average molecular weight is 346 g/mol. The number of anilines is 1. The molecule has 4 nitrogen and oxygen atoms in total. The molecule has 3 aromatic carbocycles. The van der Waals surface area contributed by atoms with E-state index < -0.39 is 0 Å². The Morgan fingerprint density at radius 3 is 2.23 bits per heavy atom.